The Kier molecular flexibility index (Phi) is 8.22. The van der Waals surface area contributed by atoms with Crippen molar-refractivity contribution < 1.29 is 18.7 Å². The maximum Gasteiger partial charge on any atom is 0.426 e. The van der Waals surface area contributed by atoms with Crippen LogP contribution in [0.3, 0.4) is 0 Å². The third kappa shape index (κ3) is 6.62. The first-order valence-electron chi connectivity index (χ1n) is 12.2. The molecule has 2 fully saturated rings. The number of carbonyl (C=O) groups is 2. The van der Waals surface area contributed by atoms with Gasteiger partial charge in [0.05, 0.1) is 11.3 Å². The van der Waals surface area contributed by atoms with E-state index in [-0.39, 0.29) is 24.3 Å². The number of hydrogen-bond acceptors (Lipinski definition) is 5. The molecule has 0 spiro atoms. The molecule has 34 heavy (non-hydrogen) atoms. The van der Waals surface area contributed by atoms with Gasteiger partial charge in [0.15, 0.2) is 0 Å². The predicted octanol–water partition coefficient (Wildman–Crippen LogP) is 5.50. The zero-order valence-electron chi connectivity index (χ0n) is 19.4. The Bertz CT molecular complexity index is 974. The Hall–Kier alpha value is -3.29. The van der Waals surface area contributed by atoms with Gasteiger partial charge in [0, 0.05) is 17.8 Å². The maximum absolute atomic E-state index is 15.0. The number of anilines is 2. The number of ether oxygens (including phenoxy) is 1. The minimum Gasteiger partial charge on any atom is -0.443 e. The molecule has 0 bridgehead atoms. The summed E-state index contributed by atoms with van der Waals surface area (Å²) in [4.78, 5) is 24.9. The molecule has 2 saturated carbocycles. The fourth-order valence-corrected chi connectivity index (χ4v) is 4.68. The Morgan fingerprint density at radius 1 is 0.824 bits per heavy atom. The minimum absolute atomic E-state index is 0.0766. The van der Waals surface area contributed by atoms with Gasteiger partial charge in [-0.1, -0.05) is 62.4 Å². The van der Waals surface area contributed by atoms with Gasteiger partial charge in [-0.05, 0) is 43.4 Å². The van der Waals surface area contributed by atoms with Gasteiger partial charge in [-0.25, -0.2) is 14.6 Å². The molecule has 0 aromatic heterocycles. The molecule has 2 aromatic carbocycles. The molecular formula is C26H33FN4O3. The van der Waals surface area contributed by atoms with Crippen molar-refractivity contribution in [1.82, 2.24) is 10.9 Å². The van der Waals surface area contributed by atoms with Crippen molar-refractivity contribution >= 4 is 23.4 Å². The Balaban J connectivity index is 1.42. The zero-order chi connectivity index (χ0) is 23.8. The van der Waals surface area contributed by atoms with E-state index in [0.717, 1.165) is 56.9 Å². The van der Waals surface area contributed by atoms with Crippen molar-refractivity contribution in [3.8, 4) is 0 Å². The summed E-state index contributed by atoms with van der Waals surface area (Å²) < 4.78 is 20.1. The van der Waals surface area contributed by atoms with Gasteiger partial charge in [0.2, 0.25) is 0 Å². The highest BCUT2D eigenvalue weighted by atomic mass is 19.1. The Labute approximate surface area is 199 Å². The molecule has 2 aliphatic rings. The van der Waals surface area contributed by atoms with E-state index < -0.39 is 17.8 Å². The molecule has 0 aliphatic heterocycles. The SMILES string of the molecule is O=C(NNC(=O)c1cc(F)c(NC2CCCCC2)cc1NC1CCCC1)OCc1ccccc1. The molecule has 2 aromatic rings. The number of amides is 2. The van der Waals surface area contributed by atoms with Gasteiger partial charge in [0.25, 0.3) is 5.91 Å². The average molecular weight is 469 g/mol. The average Bonchev–Trinajstić information content (AvgIpc) is 3.37. The highest BCUT2D eigenvalue weighted by Crippen LogP contribution is 2.30. The van der Waals surface area contributed by atoms with Gasteiger partial charge in [0.1, 0.15) is 12.4 Å². The van der Waals surface area contributed by atoms with Crippen molar-refractivity contribution in [3.05, 3.63) is 59.4 Å². The summed E-state index contributed by atoms with van der Waals surface area (Å²) in [6.07, 6.45) is 9.00. The molecular weight excluding hydrogens is 435 g/mol. The lowest BCUT2D eigenvalue weighted by Crippen LogP contribution is -2.42. The van der Waals surface area contributed by atoms with Crippen LogP contribution in [0.5, 0.6) is 0 Å². The fourth-order valence-electron chi connectivity index (χ4n) is 4.68. The van der Waals surface area contributed by atoms with E-state index in [1.807, 2.05) is 30.3 Å². The summed E-state index contributed by atoms with van der Waals surface area (Å²) in [5.41, 5.74) is 6.51. The van der Waals surface area contributed by atoms with E-state index in [9.17, 15) is 14.0 Å². The van der Waals surface area contributed by atoms with Crippen LogP contribution in [0.2, 0.25) is 0 Å². The summed E-state index contributed by atoms with van der Waals surface area (Å²) in [6, 6.07) is 12.6. The predicted molar refractivity (Wildman–Crippen MR) is 130 cm³/mol. The lowest BCUT2D eigenvalue weighted by atomic mass is 9.95. The molecule has 2 amide bonds. The highest BCUT2D eigenvalue weighted by molar-refractivity contribution is 6.01. The number of benzene rings is 2. The van der Waals surface area contributed by atoms with Crippen LogP contribution in [0.25, 0.3) is 0 Å². The van der Waals surface area contributed by atoms with E-state index in [0.29, 0.717) is 11.4 Å². The fraction of sp³-hybridized carbons (Fsp3) is 0.462. The smallest absolute Gasteiger partial charge is 0.426 e. The highest BCUT2D eigenvalue weighted by Gasteiger charge is 2.22. The van der Waals surface area contributed by atoms with E-state index >= 15 is 0 Å². The molecule has 7 nitrogen and oxygen atoms in total. The van der Waals surface area contributed by atoms with E-state index in [1.54, 1.807) is 6.07 Å². The Morgan fingerprint density at radius 3 is 2.12 bits per heavy atom. The zero-order valence-corrected chi connectivity index (χ0v) is 19.4. The molecule has 4 N–H and O–H groups in total. The second-order valence-corrected chi connectivity index (χ2v) is 9.12. The van der Waals surface area contributed by atoms with Crippen LogP contribution < -0.4 is 21.5 Å². The summed E-state index contributed by atoms with van der Waals surface area (Å²) >= 11 is 0. The number of rotatable bonds is 7. The van der Waals surface area contributed by atoms with Crippen LogP contribution in [0.1, 0.15) is 73.7 Å². The van der Waals surface area contributed by atoms with E-state index in [4.69, 9.17) is 4.74 Å². The summed E-state index contributed by atoms with van der Waals surface area (Å²) in [5, 5.41) is 6.74. The minimum atomic E-state index is -0.793. The molecule has 2 aliphatic carbocycles. The maximum atomic E-state index is 15.0. The van der Waals surface area contributed by atoms with Crippen LogP contribution in [-0.2, 0) is 11.3 Å². The lowest BCUT2D eigenvalue weighted by molar-refractivity contribution is 0.0905. The summed E-state index contributed by atoms with van der Waals surface area (Å²) in [7, 11) is 0. The van der Waals surface area contributed by atoms with Gasteiger partial charge in [-0.15, -0.1) is 0 Å². The first-order valence-corrected chi connectivity index (χ1v) is 12.2. The second-order valence-electron chi connectivity index (χ2n) is 9.12. The first-order chi connectivity index (χ1) is 16.6. The molecule has 8 heteroatoms. The number of carbonyl (C=O) groups excluding carboxylic acids is 2. The first kappa shape index (κ1) is 23.9. The molecule has 182 valence electrons. The topological polar surface area (TPSA) is 91.5 Å². The second kappa shape index (κ2) is 11.7. The molecule has 4 rings (SSSR count). The number of hydrogen-bond donors (Lipinski definition) is 4. The molecule has 0 unspecified atom stereocenters. The van der Waals surface area contributed by atoms with Crippen molar-refractivity contribution in [2.75, 3.05) is 10.6 Å². The molecule has 0 heterocycles. The van der Waals surface area contributed by atoms with Gasteiger partial charge in [-0.2, -0.15) is 0 Å². The lowest BCUT2D eigenvalue weighted by Gasteiger charge is -2.25. The van der Waals surface area contributed by atoms with Crippen molar-refractivity contribution in [2.45, 2.75) is 76.5 Å². The number of nitrogens with one attached hydrogen (secondary N) is 4. The van der Waals surface area contributed by atoms with Crippen molar-refractivity contribution in [2.24, 2.45) is 0 Å². The van der Waals surface area contributed by atoms with Crippen molar-refractivity contribution in [3.63, 3.8) is 0 Å². The Morgan fingerprint density at radius 2 is 1.44 bits per heavy atom. The molecule has 0 atom stereocenters. The van der Waals surface area contributed by atoms with Crippen LogP contribution in [0.4, 0.5) is 20.6 Å². The van der Waals surface area contributed by atoms with Crippen LogP contribution >= 0.6 is 0 Å². The molecule has 0 radical (unpaired) electrons. The van der Waals surface area contributed by atoms with E-state index in [1.165, 1.54) is 12.5 Å². The van der Waals surface area contributed by atoms with Crippen molar-refractivity contribution in [1.29, 1.82) is 0 Å². The van der Waals surface area contributed by atoms with Crippen LogP contribution in [0, 0.1) is 5.82 Å². The van der Waals surface area contributed by atoms with E-state index in [2.05, 4.69) is 21.5 Å². The molecule has 0 saturated heterocycles. The third-order valence-corrected chi connectivity index (χ3v) is 6.52. The third-order valence-electron chi connectivity index (χ3n) is 6.52. The monoisotopic (exact) mass is 468 g/mol. The van der Waals surface area contributed by atoms with Gasteiger partial charge < -0.3 is 15.4 Å². The summed E-state index contributed by atoms with van der Waals surface area (Å²) in [6.45, 7) is 0.0766. The standard InChI is InChI=1S/C26H33FN4O3/c27-22-15-21(25(32)30-31-26(33)34-17-18-9-3-1-4-10-18)23(28-19-13-7-8-14-19)16-24(22)29-20-11-5-2-6-12-20/h1,3-4,9-10,15-16,19-20,28-29H,2,5-8,11-14,17H2,(H,30,32)(H,31,33). The van der Waals surface area contributed by atoms with Gasteiger partial charge in [-0.3, -0.25) is 10.2 Å². The van der Waals surface area contributed by atoms with Gasteiger partial charge >= 0.3 is 6.09 Å². The largest absolute Gasteiger partial charge is 0.443 e. The number of halogens is 1. The normalized spacial score (nSPS) is 16.6. The quantitative estimate of drug-likeness (QED) is 0.403. The summed E-state index contributed by atoms with van der Waals surface area (Å²) in [5.74, 6) is -1.10. The van der Waals surface area contributed by atoms with Crippen LogP contribution in [0.15, 0.2) is 42.5 Å². The number of hydrazine groups is 1. The van der Waals surface area contributed by atoms with Crippen LogP contribution in [-0.4, -0.2) is 24.1 Å².